The van der Waals surface area contributed by atoms with Gasteiger partial charge in [0, 0.05) is 30.7 Å². The highest BCUT2D eigenvalue weighted by Crippen LogP contribution is 2.45. The average Bonchev–Trinajstić information content (AvgIpc) is 2.64. The van der Waals surface area contributed by atoms with Crippen LogP contribution in [0, 0.1) is 17.2 Å². The molecule has 0 bridgehead atoms. The van der Waals surface area contributed by atoms with E-state index in [1.54, 1.807) is 17.0 Å². The second-order valence-corrected chi connectivity index (χ2v) is 16.2. The summed E-state index contributed by atoms with van der Waals surface area (Å²) in [5.74, 6) is -0.470. The van der Waals surface area contributed by atoms with Crippen LogP contribution in [0.25, 0.3) is 0 Å². The van der Waals surface area contributed by atoms with E-state index in [9.17, 15) is 19.4 Å². The van der Waals surface area contributed by atoms with Crippen molar-refractivity contribution in [3.05, 3.63) is 35.1 Å². The van der Waals surface area contributed by atoms with Crippen LogP contribution in [0.5, 0.6) is 0 Å². The van der Waals surface area contributed by atoms with Gasteiger partial charge in [0.25, 0.3) is 0 Å². The van der Waals surface area contributed by atoms with Crippen molar-refractivity contribution in [3.63, 3.8) is 0 Å². The first kappa shape index (κ1) is 25.8. The van der Waals surface area contributed by atoms with E-state index in [2.05, 4.69) is 54.6 Å². The highest BCUT2D eigenvalue weighted by Gasteiger charge is 2.48. The first-order valence-corrected chi connectivity index (χ1v) is 14.0. The van der Waals surface area contributed by atoms with Gasteiger partial charge in [-0.3, -0.25) is 0 Å². The number of hydrogen-bond acceptors (Lipinski definition) is 3. The molecule has 1 aromatic carbocycles. The van der Waals surface area contributed by atoms with Gasteiger partial charge in [0.1, 0.15) is 5.82 Å². The van der Waals surface area contributed by atoms with Crippen LogP contribution >= 0.6 is 0 Å². The van der Waals surface area contributed by atoms with Crippen LogP contribution in [0.3, 0.4) is 0 Å². The largest absolute Gasteiger partial charge is 0.465 e. The molecule has 0 aliphatic carbocycles. The smallest absolute Gasteiger partial charge is 0.407 e. The molecule has 1 saturated heterocycles. The molecule has 1 aliphatic heterocycles. The van der Waals surface area contributed by atoms with Crippen LogP contribution in [-0.2, 0) is 11.0 Å². The molecule has 176 valence electrons. The molecule has 0 spiro atoms. The van der Waals surface area contributed by atoms with E-state index in [4.69, 9.17) is 4.43 Å². The lowest BCUT2D eigenvalue weighted by Crippen LogP contribution is -2.58. The summed E-state index contributed by atoms with van der Waals surface area (Å²) >= 11 is 0. The molecular weight excluding hydrogens is 413 g/mol. The molecule has 5 nitrogen and oxygen atoms in total. The predicted octanol–water partition coefficient (Wildman–Crippen LogP) is 5.84. The maximum absolute atomic E-state index is 14.0. The molecule has 31 heavy (non-hydrogen) atoms. The third kappa shape index (κ3) is 5.68. The third-order valence-corrected chi connectivity index (χ3v) is 11.7. The first-order valence-electron chi connectivity index (χ1n) is 11.1. The van der Waals surface area contributed by atoms with Gasteiger partial charge in [-0.25, -0.2) is 9.18 Å². The molecule has 2 rings (SSSR count). The zero-order chi connectivity index (χ0) is 23.8. The summed E-state index contributed by atoms with van der Waals surface area (Å²) in [5, 5.41) is 19.5. The lowest BCUT2D eigenvalue weighted by atomic mass is 9.68. The van der Waals surface area contributed by atoms with E-state index in [0.29, 0.717) is 19.6 Å². The lowest BCUT2D eigenvalue weighted by Gasteiger charge is -2.51. The number of rotatable bonds is 5. The summed E-state index contributed by atoms with van der Waals surface area (Å²) in [6.07, 6.45) is -0.271. The van der Waals surface area contributed by atoms with Crippen molar-refractivity contribution in [3.8, 4) is 0 Å². The number of piperidine rings is 1. The molecule has 1 unspecified atom stereocenters. The SMILES string of the molecule is CC(C)(C)C1[C@@H](CO[Si](C)(C)C(C)(C)C)[C@H](c2ccc(F)c(CO)c2)CCN1C(=O)O. The van der Waals surface area contributed by atoms with Gasteiger partial charge in [-0.1, -0.05) is 53.7 Å². The zero-order valence-electron chi connectivity index (χ0n) is 20.3. The number of benzene rings is 1. The summed E-state index contributed by atoms with van der Waals surface area (Å²) in [7, 11) is -2.05. The van der Waals surface area contributed by atoms with Gasteiger partial charge < -0.3 is 19.5 Å². The molecule has 1 amide bonds. The molecule has 7 heteroatoms. The van der Waals surface area contributed by atoms with E-state index in [1.165, 1.54) is 6.07 Å². The van der Waals surface area contributed by atoms with Crippen LogP contribution in [0.1, 0.15) is 65.0 Å². The van der Waals surface area contributed by atoms with Gasteiger partial charge in [0.15, 0.2) is 8.32 Å². The summed E-state index contributed by atoms with van der Waals surface area (Å²) < 4.78 is 20.7. The number of halogens is 1. The van der Waals surface area contributed by atoms with Gasteiger partial charge >= 0.3 is 6.09 Å². The van der Waals surface area contributed by atoms with Crippen molar-refractivity contribution in [2.24, 2.45) is 11.3 Å². The summed E-state index contributed by atoms with van der Waals surface area (Å²) in [6, 6.07) is 4.67. The lowest BCUT2D eigenvalue weighted by molar-refractivity contribution is -0.00646. The predicted molar refractivity (Wildman–Crippen MR) is 124 cm³/mol. The topological polar surface area (TPSA) is 70.0 Å². The zero-order valence-corrected chi connectivity index (χ0v) is 21.3. The molecule has 1 aliphatic rings. The number of carbonyl (C=O) groups is 1. The maximum Gasteiger partial charge on any atom is 0.407 e. The Kier molecular flexibility index (Phi) is 7.66. The molecule has 1 fully saturated rings. The molecule has 0 saturated carbocycles. The van der Waals surface area contributed by atoms with Crippen molar-refractivity contribution in [2.75, 3.05) is 13.2 Å². The number of aliphatic hydroxyl groups is 1. The minimum atomic E-state index is -2.05. The van der Waals surface area contributed by atoms with E-state index in [1.807, 2.05) is 0 Å². The van der Waals surface area contributed by atoms with Crippen molar-refractivity contribution in [1.29, 1.82) is 0 Å². The molecule has 2 N–H and O–H groups in total. The monoisotopic (exact) mass is 453 g/mol. The average molecular weight is 454 g/mol. The van der Waals surface area contributed by atoms with Crippen LogP contribution in [-0.4, -0.2) is 48.7 Å². The Labute approximate surface area is 187 Å². The van der Waals surface area contributed by atoms with E-state index in [0.717, 1.165) is 5.56 Å². The fourth-order valence-electron chi connectivity index (χ4n) is 4.50. The van der Waals surface area contributed by atoms with Crippen LogP contribution in [0.2, 0.25) is 18.1 Å². The Hall–Kier alpha value is -1.44. The van der Waals surface area contributed by atoms with Crippen LogP contribution < -0.4 is 0 Å². The molecule has 0 radical (unpaired) electrons. The molecule has 3 atom stereocenters. The number of hydrogen-bond donors (Lipinski definition) is 2. The van der Waals surface area contributed by atoms with Crippen molar-refractivity contribution >= 4 is 14.4 Å². The van der Waals surface area contributed by atoms with Crippen LogP contribution in [0.15, 0.2) is 18.2 Å². The molecule has 1 heterocycles. The summed E-state index contributed by atoms with van der Waals surface area (Å²) in [4.78, 5) is 13.7. The number of amides is 1. The van der Waals surface area contributed by atoms with E-state index >= 15 is 0 Å². The quantitative estimate of drug-likeness (QED) is 0.550. The Morgan fingerprint density at radius 2 is 1.84 bits per heavy atom. The standard InChI is InChI=1S/C24H40FNO4Si/c1-23(2,3)21-19(15-30-31(7,8)24(4,5)6)18(11-12-26(21)22(28)29)16-9-10-20(25)17(13-16)14-27/h9-10,13,18-19,21,27H,11-12,14-15H2,1-8H3,(H,28,29)/t18-,19-,21?/m0/s1. The molecule has 0 aromatic heterocycles. The Bertz CT molecular complexity index is 785. The maximum atomic E-state index is 14.0. The van der Waals surface area contributed by atoms with Crippen LogP contribution in [0.4, 0.5) is 9.18 Å². The Morgan fingerprint density at radius 1 is 1.23 bits per heavy atom. The van der Waals surface area contributed by atoms with Gasteiger partial charge in [-0.05, 0) is 47.5 Å². The fourth-order valence-corrected chi connectivity index (χ4v) is 5.54. The fraction of sp³-hybridized carbons (Fsp3) is 0.708. The van der Waals surface area contributed by atoms with Gasteiger partial charge in [0.2, 0.25) is 0 Å². The van der Waals surface area contributed by atoms with Gasteiger partial charge in [-0.15, -0.1) is 0 Å². The number of likely N-dealkylation sites (tertiary alicyclic amines) is 1. The minimum Gasteiger partial charge on any atom is -0.465 e. The Morgan fingerprint density at radius 3 is 2.32 bits per heavy atom. The summed E-state index contributed by atoms with van der Waals surface area (Å²) in [6.45, 7) is 17.7. The van der Waals surface area contributed by atoms with Gasteiger partial charge in [-0.2, -0.15) is 0 Å². The highest BCUT2D eigenvalue weighted by atomic mass is 28.4. The normalized spacial score (nSPS) is 23.2. The molecular formula is C24H40FNO4Si. The number of aliphatic hydroxyl groups excluding tert-OH is 1. The van der Waals surface area contributed by atoms with Crippen molar-refractivity contribution in [1.82, 2.24) is 4.90 Å². The van der Waals surface area contributed by atoms with Crippen molar-refractivity contribution in [2.45, 2.75) is 84.7 Å². The Balaban J connectivity index is 2.51. The number of nitrogens with zero attached hydrogens (tertiary/aromatic N) is 1. The highest BCUT2D eigenvalue weighted by molar-refractivity contribution is 6.74. The van der Waals surface area contributed by atoms with Gasteiger partial charge in [0.05, 0.1) is 6.61 Å². The van der Waals surface area contributed by atoms with Crippen molar-refractivity contribution < 1.29 is 23.8 Å². The third-order valence-electron chi connectivity index (χ3n) is 7.18. The molecule has 1 aromatic rings. The summed E-state index contributed by atoms with van der Waals surface area (Å²) in [5.41, 5.74) is 0.918. The van der Waals surface area contributed by atoms with E-state index < -0.39 is 20.2 Å². The number of carboxylic acid groups (broad SMARTS) is 1. The second kappa shape index (κ2) is 9.20. The second-order valence-electron chi connectivity index (χ2n) is 11.4. The van der Waals surface area contributed by atoms with E-state index in [-0.39, 0.29) is 40.5 Å². The first-order chi connectivity index (χ1) is 14.1. The minimum absolute atomic E-state index is 0.0236.